The van der Waals surface area contributed by atoms with Gasteiger partial charge in [0.25, 0.3) is 0 Å². The molecule has 0 aromatic rings. The van der Waals surface area contributed by atoms with Crippen LogP contribution in [0, 0.1) is 5.92 Å². The van der Waals surface area contributed by atoms with Gasteiger partial charge in [0, 0.05) is 0 Å². The maximum atomic E-state index is 9.98. The molecule has 1 fully saturated rings. The van der Waals surface area contributed by atoms with Crippen LogP contribution in [0.3, 0.4) is 0 Å². The van der Waals surface area contributed by atoms with Crippen LogP contribution in [-0.2, 0) is 4.79 Å². The average Bonchev–Trinajstić information content (AvgIpc) is 1.83. The van der Waals surface area contributed by atoms with Crippen LogP contribution in [-0.4, -0.2) is 11.1 Å². The second-order valence-electron chi connectivity index (χ2n) is 2.97. The molecule has 2 heteroatoms. The molecule has 0 amide bonds. The third kappa shape index (κ3) is 4.82. The number of unbranched alkanes of at least 4 members (excludes halogenated alkanes) is 1. The zero-order chi connectivity index (χ0) is 8.69. The second kappa shape index (κ2) is 6.20. The first-order chi connectivity index (χ1) is 5.22. The molecule has 0 aliphatic heterocycles. The zero-order valence-electron chi connectivity index (χ0n) is 7.47. The van der Waals surface area contributed by atoms with Gasteiger partial charge in [-0.05, 0) is 12.8 Å². The Hall–Kier alpha value is -0.530. The Morgan fingerprint density at radius 2 is 1.82 bits per heavy atom. The maximum Gasteiger partial charge on any atom is 0.306 e. The molecule has 1 aliphatic rings. The van der Waals surface area contributed by atoms with Crippen LogP contribution in [0.2, 0.25) is 0 Å². The van der Waals surface area contributed by atoms with Crippen LogP contribution in [0.15, 0.2) is 0 Å². The zero-order valence-corrected chi connectivity index (χ0v) is 7.47. The predicted molar refractivity (Wildman–Crippen MR) is 45.6 cm³/mol. The summed E-state index contributed by atoms with van der Waals surface area (Å²) in [6.45, 7) is 4.36. The summed E-state index contributed by atoms with van der Waals surface area (Å²) in [6.07, 6.45) is 5.54. The largest absolute Gasteiger partial charge is 0.481 e. The van der Waals surface area contributed by atoms with Crippen LogP contribution >= 0.6 is 0 Å². The Morgan fingerprint density at radius 1 is 1.36 bits per heavy atom. The topological polar surface area (TPSA) is 37.3 Å². The third-order valence-corrected chi connectivity index (χ3v) is 1.95. The Balaban J connectivity index is 0.000000218. The van der Waals surface area contributed by atoms with Gasteiger partial charge in [-0.2, -0.15) is 0 Å². The SMILES string of the molecule is CCCC.O=C(O)C1CCC1. The Morgan fingerprint density at radius 3 is 1.82 bits per heavy atom. The molecule has 0 aromatic heterocycles. The summed E-state index contributed by atoms with van der Waals surface area (Å²) in [7, 11) is 0. The summed E-state index contributed by atoms with van der Waals surface area (Å²) >= 11 is 0. The van der Waals surface area contributed by atoms with Gasteiger partial charge in [-0.3, -0.25) is 4.79 Å². The summed E-state index contributed by atoms with van der Waals surface area (Å²) in [5.41, 5.74) is 0. The van der Waals surface area contributed by atoms with Gasteiger partial charge in [0.1, 0.15) is 0 Å². The van der Waals surface area contributed by atoms with Crippen molar-refractivity contribution < 1.29 is 9.90 Å². The molecule has 66 valence electrons. The minimum atomic E-state index is -0.619. The number of aliphatic carboxylic acids is 1. The van der Waals surface area contributed by atoms with Crippen LogP contribution < -0.4 is 0 Å². The fourth-order valence-corrected chi connectivity index (χ4v) is 0.655. The minimum Gasteiger partial charge on any atom is -0.481 e. The Bertz CT molecular complexity index is 104. The first-order valence-corrected chi connectivity index (χ1v) is 4.45. The number of carboxylic acid groups (broad SMARTS) is 1. The number of rotatable bonds is 2. The Kier molecular flexibility index (Phi) is 5.90. The quantitative estimate of drug-likeness (QED) is 0.670. The molecule has 0 saturated heterocycles. The van der Waals surface area contributed by atoms with Crippen molar-refractivity contribution in [2.45, 2.75) is 46.0 Å². The smallest absolute Gasteiger partial charge is 0.306 e. The number of carbonyl (C=O) groups is 1. The van der Waals surface area contributed by atoms with Crippen molar-refractivity contribution in [1.29, 1.82) is 0 Å². The fraction of sp³-hybridized carbons (Fsp3) is 0.889. The number of carboxylic acids is 1. The van der Waals surface area contributed by atoms with E-state index in [4.69, 9.17) is 5.11 Å². The molecule has 1 saturated carbocycles. The van der Waals surface area contributed by atoms with Gasteiger partial charge in [0.05, 0.1) is 5.92 Å². The van der Waals surface area contributed by atoms with Crippen molar-refractivity contribution in [3.8, 4) is 0 Å². The van der Waals surface area contributed by atoms with Crippen molar-refractivity contribution in [2.24, 2.45) is 5.92 Å². The summed E-state index contributed by atoms with van der Waals surface area (Å²) in [6, 6.07) is 0. The van der Waals surface area contributed by atoms with Gasteiger partial charge in [-0.15, -0.1) is 0 Å². The molecular formula is C9H18O2. The fourth-order valence-electron chi connectivity index (χ4n) is 0.655. The molecule has 1 aliphatic carbocycles. The first kappa shape index (κ1) is 10.5. The second-order valence-corrected chi connectivity index (χ2v) is 2.97. The van der Waals surface area contributed by atoms with E-state index in [0.717, 1.165) is 19.3 Å². The van der Waals surface area contributed by atoms with Gasteiger partial charge < -0.3 is 5.11 Å². The van der Waals surface area contributed by atoms with Crippen LogP contribution in [0.25, 0.3) is 0 Å². The van der Waals surface area contributed by atoms with E-state index in [-0.39, 0.29) is 5.92 Å². The third-order valence-electron chi connectivity index (χ3n) is 1.95. The monoisotopic (exact) mass is 158 g/mol. The van der Waals surface area contributed by atoms with E-state index < -0.39 is 5.97 Å². The first-order valence-electron chi connectivity index (χ1n) is 4.45. The number of hydrogen-bond acceptors (Lipinski definition) is 1. The van der Waals surface area contributed by atoms with Gasteiger partial charge in [0.2, 0.25) is 0 Å². The summed E-state index contributed by atoms with van der Waals surface area (Å²) in [5, 5.41) is 8.23. The Labute approximate surface area is 68.6 Å². The highest BCUT2D eigenvalue weighted by molar-refractivity contribution is 5.70. The van der Waals surface area contributed by atoms with Crippen LogP contribution in [0.5, 0.6) is 0 Å². The molecule has 0 atom stereocenters. The highest BCUT2D eigenvalue weighted by Gasteiger charge is 2.23. The van der Waals surface area contributed by atoms with Crippen molar-refractivity contribution in [1.82, 2.24) is 0 Å². The molecule has 0 heterocycles. The minimum absolute atomic E-state index is 0.000000000000000444. The lowest BCUT2D eigenvalue weighted by Crippen LogP contribution is -2.20. The summed E-state index contributed by atoms with van der Waals surface area (Å²) in [5.74, 6) is -0.619. The molecule has 11 heavy (non-hydrogen) atoms. The molecule has 0 spiro atoms. The van der Waals surface area contributed by atoms with E-state index in [9.17, 15) is 4.79 Å². The molecular weight excluding hydrogens is 140 g/mol. The summed E-state index contributed by atoms with van der Waals surface area (Å²) < 4.78 is 0. The molecule has 0 bridgehead atoms. The van der Waals surface area contributed by atoms with Gasteiger partial charge >= 0.3 is 5.97 Å². The van der Waals surface area contributed by atoms with Gasteiger partial charge in [-0.1, -0.05) is 33.1 Å². The highest BCUT2D eigenvalue weighted by Crippen LogP contribution is 2.25. The van der Waals surface area contributed by atoms with Crippen molar-refractivity contribution >= 4 is 5.97 Å². The lowest BCUT2D eigenvalue weighted by molar-refractivity contribution is -0.144. The van der Waals surface area contributed by atoms with Crippen molar-refractivity contribution in [3.63, 3.8) is 0 Å². The van der Waals surface area contributed by atoms with Crippen molar-refractivity contribution in [3.05, 3.63) is 0 Å². The predicted octanol–water partition coefficient (Wildman–Crippen LogP) is 2.68. The van der Waals surface area contributed by atoms with Gasteiger partial charge in [0.15, 0.2) is 0 Å². The normalized spacial score (nSPS) is 16.2. The highest BCUT2D eigenvalue weighted by atomic mass is 16.4. The van der Waals surface area contributed by atoms with Crippen molar-refractivity contribution in [2.75, 3.05) is 0 Å². The van der Waals surface area contributed by atoms with E-state index in [2.05, 4.69) is 13.8 Å². The van der Waals surface area contributed by atoms with Crippen LogP contribution in [0.4, 0.5) is 0 Å². The lowest BCUT2D eigenvalue weighted by Gasteiger charge is -2.19. The van der Waals surface area contributed by atoms with Gasteiger partial charge in [-0.25, -0.2) is 0 Å². The molecule has 1 rings (SSSR count). The standard InChI is InChI=1S/C5H8O2.C4H10/c6-5(7)4-2-1-3-4;1-3-4-2/h4H,1-3H2,(H,6,7);3-4H2,1-2H3. The molecule has 1 N–H and O–H groups in total. The molecule has 0 aromatic carbocycles. The van der Waals surface area contributed by atoms with E-state index >= 15 is 0 Å². The van der Waals surface area contributed by atoms with E-state index in [1.54, 1.807) is 0 Å². The average molecular weight is 158 g/mol. The lowest BCUT2D eigenvalue weighted by atomic mass is 9.86. The van der Waals surface area contributed by atoms with E-state index in [1.165, 1.54) is 12.8 Å². The summed E-state index contributed by atoms with van der Waals surface area (Å²) in [4.78, 5) is 9.98. The maximum absolute atomic E-state index is 9.98. The molecule has 2 nitrogen and oxygen atoms in total. The molecule has 0 unspecified atom stereocenters. The molecule has 0 radical (unpaired) electrons. The van der Waals surface area contributed by atoms with E-state index in [0.29, 0.717) is 0 Å². The number of hydrogen-bond donors (Lipinski definition) is 1. The van der Waals surface area contributed by atoms with E-state index in [1.807, 2.05) is 0 Å². The van der Waals surface area contributed by atoms with Crippen LogP contribution in [0.1, 0.15) is 46.0 Å².